The molecule has 0 aliphatic carbocycles. The van der Waals surface area contributed by atoms with E-state index in [1.807, 2.05) is 18.2 Å². The summed E-state index contributed by atoms with van der Waals surface area (Å²) >= 11 is 0. The minimum absolute atomic E-state index is 0.0268. The molecule has 0 aliphatic rings. The van der Waals surface area contributed by atoms with Crippen LogP contribution in [0.5, 0.6) is 5.75 Å². The molecule has 0 radical (unpaired) electrons. The fourth-order valence-electron chi connectivity index (χ4n) is 1.91. The van der Waals surface area contributed by atoms with Gasteiger partial charge in [-0.25, -0.2) is 0 Å². The van der Waals surface area contributed by atoms with Crippen LogP contribution >= 0.6 is 0 Å². The largest absolute Gasteiger partial charge is 0.496 e. The molecule has 0 heterocycles. The first-order valence-electron chi connectivity index (χ1n) is 7.00. The van der Waals surface area contributed by atoms with Gasteiger partial charge in [-0.05, 0) is 31.9 Å². The second kappa shape index (κ2) is 7.79. The maximum absolute atomic E-state index is 11.9. The fraction of sp³-hybridized carbons (Fsp3) is 0.500. The molecule has 6 nitrogen and oxygen atoms in total. The molecule has 0 fully saturated rings. The van der Waals surface area contributed by atoms with Crippen LogP contribution in [0.25, 0.3) is 0 Å². The summed E-state index contributed by atoms with van der Waals surface area (Å²) in [6.07, 6.45) is 0.271. The van der Waals surface area contributed by atoms with Crippen molar-refractivity contribution < 1.29 is 24.2 Å². The number of amides is 1. The molecular weight excluding hydrogens is 286 g/mol. The second-order valence-electron chi connectivity index (χ2n) is 5.48. The van der Waals surface area contributed by atoms with Crippen LogP contribution in [0, 0.1) is 5.92 Å². The minimum atomic E-state index is -0.993. The van der Waals surface area contributed by atoms with Crippen LogP contribution in [0.2, 0.25) is 0 Å². The van der Waals surface area contributed by atoms with Crippen molar-refractivity contribution in [3.8, 4) is 5.75 Å². The zero-order valence-corrected chi connectivity index (χ0v) is 13.4. The number of para-hydroxylation sites is 1. The molecule has 1 rings (SSSR count). The number of methoxy groups -OCH3 is 2. The summed E-state index contributed by atoms with van der Waals surface area (Å²) in [4.78, 5) is 23.4. The van der Waals surface area contributed by atoms with E-state index in [0.29, 0.717) is 5.75 Å². The van der Waals surface area contributed by atoms with Gasteiger partial charge in [0.25, 0.3) is 5.91 Å². The predicted molar refractivity (Wildman–Crippen MR) is 81.9 cm³/mol. The molecule has 0 spiro atoms. The van der Waals surface area contributed by atoms with Crippen molar-refractivity contribution in [1.29, 1.82) is 0 Å². The van der Waals surface area contributed by atoms with Gasteiger partial charge in [0.15, 0.2) is 0 Å². The number of rotatable bonds is 8. The quantitative estimate of drug-likeness (QED) is 0.760. The molecule has 1 atom stereocenters. The molecule has 0 bridgehead atoms. The number of carbonyl (C=O) groups is 2. The van der Waals surface area contributed by atoms with Gasteiger partial charge in [-0.3, -0.25) is 9.59 Å². The van der Waals surface area contributed by atoms with Crippen LogP contribution in [0.1, 0.15) is 19.4 Å². The average Bonchev–Trinajstić information content (AvgIpc) is 2.50. The summed E-state index contributed by atoms with van der Waals surface area (Å²) < 4.78 is 10.3. The van der Waals surface area contributed by atoms with Crippen LogP contribution in [0.4, 0.5) is 0 Å². The van der Waals surface area contributed by atoms with Gasteiger partial charge in [-0.1, -0.05) is 18.2 Å². The van der Waals surface area contributed by atoms with E-state index >= 15 is 0 Å². The highest BCUT2D eigenvalue weighted by molar-refractivity contribution is 5.84. The minimum Gasteiger partial charge on any atom is -0.496 e. The average molecular weight is 309 g/mol. The lowest BCUT2D eigenvalue weighted by molar-refractivity contribution is -0.143. The summed E-state index contributed by atoms with van der Waals surface area (Å²) in [6, 6.07) is 7.24. The number of aliphatic carboxylic acids is 1. The van der Waals surface area contributed by atoms with E-state index in [9.17, 15) is 14.7 Å². The predicted octanol–water partition coefficient (Wildman–Crippen LogP) is 1.48. The lowest BCUT2D eigenvalue weighted by Crippen LogP contribution is -2.46. The maximum atomic E-state index is 11.9. The molecule has 6 heteroatoms. The van der Waals surface area contributed by atoms with Crippen LogP contribution in [0.3, 0.4) is 0 Å². The third kappa shape index (κ3) is 4.73. The zero-order chi connectivity index (χ0) is 16.8. The number of nitrogens with one attached hydrogen (secondary N) is 1. The second-order valence-corrected chi connectivity index (χ2v) is 5.48. The van der Waals surface area contributed by atoms with Crippen molar-refractivity contribution >= 4 is 11.9 Å². The van der Waals surface area contributed by atoms with Gasteiger partial charge in [0.2, 0.25) is 0 Å². The van der Waals surface area contributed by atoms with Gasteiger partial charge in [0.05, 0.1) is 13.0 Å². The van der Waals surface area contributed by atoms with E-state index in [1.54, 1.807) is 19.9 Å². The van der Waals surface area contributed by atoms with Crippen molar-refractivity contribution in [2.75, 3.05) is 20.8 Å². The molecule has 122 valence electrons. The molecule has 1 amide bonds. The summed E-state index contributed by atoms with van der Waals surface area (Å²) in [5.41, 5.74) is -0.203. The number of carboxylic acid groups (broad SMARTS) is 1. The van der Waals surface area contributed by atoms with Crippen molar-refractivity contribution in [2.45, 2.75) is 25.9 Å². The van der Waals surface area contributed by atoms with Crippen molar-refractivity contribution in [3.63, 3.8) is 0 Å². The monoisotopic (exact) mass is 309 g/mol. The zero-order valence-electron chi connectivity index (χ0n) is 13.4. The van der Waals surface area contributed by atoms with Gasteiger partial charge in [0.1, 0.15) is 11.4 Å². The highest BCUT2D eigenvalue weighted by Gasteiger charge is 2.28. The third-order valence-electron chi connectivity index (χ3n) is 3.57. The summed E-state index contributed by atoms with van der Waals surface area (Å²) in [6.45, 7) is 3.27. The van der Waals surface area contributed by atoms with Crippen LogP contribution in [0.15, 0.2) is 24.3 Å². The van der Waals surface area contributed by atoms with Crippen molar-refractivity contribution in [3.05, 3.63) is 29.8 Å². The lowest BCUT2D eigenvalue weighted by Gasteiger charge is -2.23. The normalized spacial score (nSPS) is 12.5. The first kappa shape index (κ1) is 18.0. The van der Waals surface area contributed by atoms with Crippen LogP contribution in [-0.4, -0.2) is 43.3 Å². The fourth-order valence-corrected chi connectivity index (χ4v) is 1.91. The standard InChI is InChI=1S/C16H23NO5/c1-16(2,22-4)15(20)17-10-12(14(18)19)9-11-7-5-6-8-13(11)21-3/h5-8,12H,9-10H2,1-4H3,(H,17,20)(H,18,19). The van der Waals surface area contributed by atoms with Crippen LogP contribution in [-0.2, 0) is 20.7 Å². The molecule has 1 unspecified atom stereocenters. The van der Waals surface area contributed by atoms with E-state index < -0.39 is 17.5 Å². The van der Waals surface area contributed by atoms with Crippen molar-refractivity contribution in [2.24, 2.45) is 5.92 Å². The molecule has 1 aromatic rings. The molecule has 22 heavy (non-hydrogen) atoms. The third-order valence-corrected chi connectivity index (χ3v) is 3.57. The number of hydrogen-bond acceptors (Lipinski definition) is 4. The Kier molecular flexibility index (Phi) is 6.37. The number of carboxylic acids is 1. The Hall–Kier alpha value is -2.08. The van der Waals surface area contributed by atoms with Gasteiger partial charge in [-0.2, -0.15) is 0 Å². The first-order chi connectivity index (χ1) is 10.3. The summed E-state index contributed by atoms with van der Waals surface area (Å²) in [5, 5.41) is 12.0. The highest BCUT2D eigenvalue weighted by atomic mass is 16.5. The SMILES string of the molecule is COc1ccccc1CC(CNC(=O)C(C)(C)OC)C(=O)O. The van der Waals surface area contributed by atoms with Gasteiger partial charge >= 0.3 is 5.97 Å². The molecule has 0 aliphatic heterocycles. The van der Waals surface area contributed by atoms with E-state index in [2.05, 4.69) is 5.32 Å². The molecule has 0 aromatic heterocycles. The molecule has 0 saturated heterocycles. The van der Waals surface area contributed by atoms with Gasteiger partial charge < -0.3 is 19.9 Å². The summed E-state index contributed by atoms with van der Waals surface area (Å²) in [5.74, 6) is -1.42. The van der Waals surface area contributed by atoms with E-state index in [1.165, 1.54) is 14.2 Å². The Morgan fingerprint density at radius 3 is 2.45 bits per heavy atom. The number of ether oxygens (including phenoxy) is 2. The smallest absolute Gasteiger partial charge is 0.308 e. The summed E-state index contributed by atoms with van der Waals surface area (Å²) in [7, 11) is 2.97. The Labute approximate surface area is 130 Å². The topological polar surface area (TPSA) is 84.9 Å². The maximum Gasteiger partial charge on any atom is 0.308 e. The lowest BCUT2D eigenvalue weighted by atomic mass is 9.98. The van der Waals surface area contributed by atoms with E-state index in [0.717, 1.165) is 5.56 Å². The highest BCUT2D eigenvalue weighted by Crippen LogP contribution is 2.21. The van der Waals surface area contributed by atoms with Gasteiger partial charge in [0, 0.05) is 13.7 Å². The Balaban J connectivity index is 2.75. The molecular formula is C16H23NO5. The number of benzene rings is 1. The molecule has 2 N–H and O–H groups in total. The Morgan fingerprint density at radius 2 is 1.91 bits per heavy atom. The Bertz CT molecular complexity index is 527. The molecule has 0 saturated carbocycles. The van der Waals surface area contributed by atoms with Crippen molar-refractivity contribution in [1.82, 2.24) is 5.32 Å². The van der Waals surface area contributed by atoms with Gasteiger partial charge in [-0.15, -0.1) is 0 Å². The number of carbonyl (C=O) groups excluding carboxylic acids is 1. The molecule has 1 aromatic carbocycles. The van der Waals surface area contributed by atoms with Crippen LogP contribution < -0.4 is 10.1 Å². The van der Waals surface area contributed by atoms with E-state index in [4.69, 9.17) is 9.47 Å². The first-order valence-corrected chi connectivity index (χ1v) is 7.00. The Morgan fingerprint density at radius 1 is 1.27 bits per heavy atom. The van der Waals surface area contributed by atoms with E-state index in [-0.39, 0.29) is 18.9 Å². The number of hydrogen-bond donors (Lipinski definition) is 2.